The lowest BCUT2D eigenvalue weighted by Gasteiger charge is -2.35. The van der Waals surface area contributed by atoms with E-state index < -0.39 is 0 Å². The minimum absolute atomic E-state index is 0.0612. The number of hydrogen-bond donors (Lipinski definition) is 1. The molecule has 1 amide bonds. The van der Waals surface area contributed by atoms with Crippen LogP contribution in [0, 0.1) is 11.8 Å². The van der Waals surface area contributed by atoms with Crippen molar-refractivity contribution in [1.82, 2.24) is 20.1 Å². The number of methoxy groups -OCH3 is 1. The maximum atomic E-state index is 12.7. The van der Waals surface area contributed by atoms with Gasteiger partial charge in [0.2, 0.25) is 5.91 Å². The first-order chi connectivity index (χ1) is 13.0. The standard InChI is InChI=1S/C20H28N4O2S/c1-13-7-5-10-18(14(13)2)22-19(25)15(3)27-20-23-21-12-24(20)16-8-6-9-17(11-16)26-4/h6,8-9,11-15,18H,5,7,10H2,1-4H3,(H,22,25)/t13-,14+,15+,18-/m0/s1. The molecule has 0 aliphatic heterocycles. The molecule has 6 nitrogen and oxygen atoms in total. The van der Waals surface area contributed by atoms with Gasteiger partial charge in [0.25, 0.3) is 0 Å². The highest BCUT2D eigenvalue weighted by Crippen LogP contribution is 2.30. The first-order valence-electron chi connectivity index (χ1n) is 9.51. The number of nitrogens with zero attached hydrogens (tertiary/aromatic N) is 3. The maximum Gasteiger partial charge on any atom is 0.233 e. The van der Waals surface area contributed by atoms with Crippen molar-refractivity contribution in [2.75, 3.05) is 7.11 Å². The largest absolute Gasteiger partial charge is 0.497 e. The molecule has 4 atom stereocenters. The summed E-state index contributed by atoms with van der Waals surface area (Å²) in [6, 6.07) is 7.96. The van der Waals surface area contributed by atoms with Crippen molar-refractivity contribution in [2.45, 2.75) is 56.5 Å². The van der Waals surface area contributed by atoms with Crippen LogP contribution in [-0.4, -0.2) is 39.1 Å². The fraction of sp³-hybridized carbons (Fsp3) is 0.550. The summed E-state index contributed by atoms with van der Waals surface area (Å²) in [5.74, 6) is 2.00. The third kappa shape index (κ3) is 4.64. The van der Waals surface area contributed by atoms with Gasteiger partial charge in [-0.25, -0.2) is 0 Å². The molecule has 2 aromatic rings. The van der Waals surface area contributed by atoms with Gasteiger partial charge in [0.15, 0.2) is 5.16 Å². The summed E-state index contributed by atoms with van der Waals surface area (Å²) in [4.78, 5) is 12.7. The van der Waals surface area contributed by atoms with E-state index >= 15 is 0 Å². The van der Waals surface area contributed by atoms with Gasteiger partial charge in [0.05, 0.1) is 18.0 Å². The van der Waals surface area contributed by atoms with Gasteiger partial charge in [-0.2, -0.15) is 0 Å². The Morgan fingerprint density at radius 1 is 1.37 bits per heavy atom. The van der Waals surface area contributed by atoms with Crippen LogP contribution in [0.15, 0.2) is 35.7 Å². The molecule has 1 saturated carbocycles. The SMILES string of the molecule is COc1cccc(-n2cnnc2S[C@H](C)C(=O)N[C@H]2CCC[C@H](C)[C@H]2C)c1. The van der Waals surface area contributed by atoms with Crippen LogP contribution in [0.5, 0.6) is 5.75 Å². The Balaban J connectivity index is 1.67. The average Bonchev–Trinajstić information content (AvgIpc) is 3.13. The highest BCUT2D eigenvalue weighted by molar-refractivity contribution is 8.00. The summed E-state index contributed by atoms with van der Waals surface area (Å²) >= 11 is 1.42. The minimum Gasteiger partial charge on any atom is -0.497 e. The lowest BCUT2D eigenvalue weighted by Crippen LogP contribution is -2.46. The summed E-state index contributed by atoms with van der Waals surface area (Å²) < 4.78 is 7.17. The van der Waals surface area contributed by atoms with E-state index in [1.165, 1.54) is 24.6 Å². The zero-order valence-corrected chi connectivity index (χ0v) is 17.2. The number of hydrogen-bond acceptors (Lipinski definition) is 5. The molecular weight excluding hydrogens is 360 g/mol. The first-order valence-corrected chi connectivity index (χ1v) is 10.4. The van der Waals surface area contributed by atoms with Crippen LogP contribution in [0.4, 0.5) is 0 Å². The molecular formula is C20H28N4O2S. The minimum atomic E-state index is -0.247. The second-order valence-corrected chi connectivity index (χ2v) is 8.64. The number of benzene rings is 1. The van der Waals surface area contributed by atoms with E-state index in [2.05, 4.69) is 29.4 Å². The Morgan fingerprint density at radius 2 is 2.19 bits per heavy atom. The fourth-order valence-corrected chi connectivity index (χ4v) is 4.39. The Morgan fingerprint density at radius 3 is 2.96 bits per heavy atom. The van der Waals surface area contributed by atoms with Gasteiger partial charge in [0.1, 0.15) is 12.1 Å². The van der Waals surface area contributed by atoms with Crippen LogP contribution in [0.2, 0.25) is 0 Å². The zero-order valence-electron chi connectivity index (χ0n) is 16.4. The molecule has 1 N–H and O–H groups in total. The van der Waals surface area contributed by atoms with Crippen molar-refractivity contribution in [3.05, 3.63) is 30.6 Å². The summed E-state index contributed by atoms with van der Waals surface area (Å²) in [6.45, 7) is 6.44. The van der Waals surface area contributed by atoms with Crippen LogP contribution in [0.1, 0.15) is 40.0 Å². The average molecular weight is 389 g/mol. The topological polar surface area (TPSA) is 69.0 Å². The molecule has 1 heterocycles. The lowest BCUT2D eigenvalue weighted by atomic mass is 9.78. The lowest BCUT2D eigenvalue weighted by molar-refractivity contribution is -0.121. The summed E-state index contributed by atoms with van der Waals surface area (Å²) in [7, 11) is 1.64. The third-order valence-corrected chi connectivity index (χ3v) is 6.59. The molecule has 0 unspecified atom stereocenters. The van der Waals surface area contributed by atoms with E-state index in [1.807, 2.05) is 35.8 Å². The Labute approximate surface area is 165 Å². The predicted molar refractivity (Wildman–Crippen MR) is 107 cm³/mol. The molecule has 0 saturated heterocycles. The van der Waals surface area contributed by atoms with Gasteiger partial charge >= 0.3 is 0 Å². The van der Waals surface area contributed by atoms with Crippen LogP contribution < -0.4 is 10.1 Å². The molecule has 1 fully saturated rings. The molecule has 1 aromatic carbocycles. The smallest absolute Gasteiger partial charge is 0.233 e. The van der Waals surface area contributed by atoms with E-state index in [4.69, 9.17) is 4.74 Å². The van der Waals surface area contributed by atoms with Gasteiger partial charge in [-0.15, -0.1) is 10.2 Å². The van der Waals surface area contributed by atoms with Crippen molar-refractivity contribution >= 4 is 17.7 Å². The fourth-order valence-electron chi connectivity index (χ4n) is 3.54. The number of thioether (sulfide) groups is 1. The molecule has 3 rings (SSSR count). The summed E-state index contributed by atoms with van der Waals surface area (Å²) in [5.41, 5.74) is 0.907. The molecule has 1 aromatic heterocycles. The Hall–Kier alpha value is -2.02. The van der Waals surface area contributed by atoms with Crippen molar-refractivity contribution in [3.63, 3.8) is 0 Å². The highest BCUT2D eigenvalue weighted by atomic mass is 32.2. The number of nitrogens with one attached hydrogen (secondary N) is 1. The summed E-state index contributed by atoms with van der Waals surface area (Å²) in [5, 5.41) is 11.9. The normalized spacial score (nSPS) is 23.6. The van der Waals surface area contributed by atoms with Gasteiger partial charge in [-0.3, -0.25) is 9.36 Å². The zero-order chi connectivity index (χ0) is 19.4. The molecule has 0 radical (unpaired) electrons. The number of amides is 1. The molecule has 1 aliphatic rings. The van der Waals surface area contributed by atoms with Gasteiger partial charge in [-0.05, 0) is 37.3 Å². The Bertz CT molecular complexity index is 779. The number of ether oxygens (including phenoxy) is 1. The van der Waals surface area contributed by atoms with E-state index in [1.54, 1.807) is 13.4 Å². The van der Waals surface area contributed by atoms with Gasteiger partial charge in [0, 0.05) is 12.1 Å². The number of rotatable bonds is 6. The van der Waals surface area contributed by atoms with Crippen LogP contribution in [0.25, 0.3) is 5.69 Å². The van der Waals surface area contributed by atoms with E-state index in [0.717, 1.165) is 17.9 Å². The monoisotopic (exact) mass is 388 g/mol. The quantitative estimate of drug-likeness (QED) is 0.764. The predicted octanol–water partition coefficient (Wildman–Crippen LogP) is 3.70. The Kier molecular flexibility index (Phi) is 6.42. The second kappa shape index (κ2) is 8.78. The van der Waals surface area contributed by atoms with E-state index in [0.29, 0.717) is 17.0 Å². The molecule has 146 valence electrons. The molecule has 27 heavy (non-hydrogen) atoms. The van der Waals surface area contributed by atoms with Gasteiger partial charge < -0.3 is 10.1 Å². The summed E-state index contributed by atoms with van der Waals surface area (Å²) in [6.07, 6.45) is 5.16. The first kappa shape index (κ1) is 19.7. The highest BCUT2D eigenvalue weighted by Gasteiger charge is 2.29. The van der Waals surface area contributed by atoms with Crippen LogP contribution >= 0.6 is 11.8 Å². The van der Waals surface area contributed by atoms with E-state index in [-0.39, 0.29) is 17.2 Å². The van der Waals surface area contributed by atoms with Crippen LogP contribution in [-0.2, 0) is 4.79 Å². The second-order valence-electron chi connectivity index (χ2n) is 7.33. The van der Waals surface area contributed by atoms with Crippen molar-refractivity contribution in [1.29, 1.82) is 0 Å². The number of carbonyl (C=O) groups is 1. The molecule has 0 spiro atoms. The third-order valence-electron chi connectivity index (χ3n) is 5.53. The maximum absolute atomic E-state index is 12.7. The molecule has 0 bridgehead atoms. The van der Waals surface area contributed by atoms with Gasteiger partial charge in [-0.1, -0.05) is 44.5 Å². The van der Waals surface area contributed by atoms with Crippen molar-refractivity contribution in [2.24, 2.45) is 11.8 Å². The molecule has 1 aliphatic carbocycles. The van der Waals surface area contributed by atoms with Crippen LogP contribution in [0.3, 0.4) is 0 Å². The van der Waals surface area contributed by atoms with E-state index in [9.17, 15) is 4.79 Å². The molecule has 7 heteroatoms. The van der Waals surface area contributed by atoms with Crippen molar-refractivity contribution < 1.29 is 9.53 Å². The number of carbonyl (C=O) groups excluding carboxylic acids is 1. The van der Waals surface area contributed by atoms with Crippen molar-refractivity contribution in [3.8, 4) is 11.4 Å². The number of aromatic nitrogens is 3.